The topological polar surface area (TPSA) is 28.2 Å². The van der Waals surface area contributed by atoms with E-state index in [2.05, 4.69) is 41.4 Å². The number of nitrogens with zero attached hydrogens (tertiary/aromatic N) is 2. The first-order chi connectivity index (χ1) is 9.28. The lowest BCUT2D eigenvalue weighted by Crippen LogP contribution is -2.26. The zero-order valence-corrected chi connectivity index (χ0v) is 11.7. The molecule has 100 valence electrons. The summed E-state index contributed by atoms with van der Waals surface area (Å²) >= 11 is 0. The Morgan fingerprint density at radius 3 is 2.95 bits per heavy atom. The fourth-order valence-electron chi connectivity index (χ4n) is 2.94. The van der Waals surface area contributed by atoms with E-state index in [1.807, 2.05) is 13.1 Å². The van der Waals surface area contributed by atoms with Gasteiger partial charge >= 0.3 is 0 Å². The number of benzene rings is 1. The first-order valence-corrected chi connectivity index (χ1v) is 7.08. The summed E-state index contributed by atoms with van der Waals surface area (Å²) in [5, 5.41) is 4.46. The van der Waals surface area contributed by atoms with Crippen molar-refractivity contribution in [3.63, 3.8) is 0 Å². The molecule has 0 spiro atoms. The van der Waals surface area contributed by atoms with Gasteiger partial charge in [0, 0.05) is 30.6 Å². The summed E-state index contributed by atoms with van der Waals surface area (Å²) in [6.45, 7) is 4.52. The van der Waals surface area contributed by atoms with Gasteiger partial charge in [-0.15, -0.1) is 0 Å². The van der Waals surface area contributed by atoms with Crippen LogP contribution in [0.3, 0.4) is 0 Å². The number of rotatable bonds is 3. The minimum absolute atomic E-state index is 0.691. The van der Waals surface area contributed by atoms with Crippen molar-refractivity contribution in [3.05, 3.63) is 35.9 Å². The van der Waals surface area contributed by atoms with Crippen LogP contribution in [-0.2, 0) is 6.54 Å². The Morgan fingerprint density at radius 1 is 1.37 bits per heavy atom. The second kappa shape index (κ2) is 5.17. The van der Waals surface area contributed by atoms with Crippen LogP contribution in [0.4, 0.5) is 5.82 Å². The standard InChI is InChI=1S/C16H21N3/c1-12-6-5-9-19(12)11-14-10-13-7-3-4-8-15(13)18-16(14)17-2/h3-4,7-8,10,12H,5-6,9,11H2,1-2H3,(H,17,18). The molecule has 1 aromatic heterocycles. The molecule has 0 bridgehead atoms. The molecule has 1 aliphatic heterocycles. The van der Waals surface area contributed by atoms with Gasteiger partial charge in [0.05, 0.1) is 5.52 Å². The predicted octanol–water partition coefficient (Wildman–Crippen LogP) is 3.26. The molecule has 2 aromatic rings. The van der Waals surface area contributed by atoms with E-state index in [1.54, 1.807) is 0 Å². The van der Waals surface area contributed by atoms with Crippen molar-refractivity contribution < 1.29 is 0 Å². The van der Waals surface area contributed by atoms with Gasteiger partial charge in [0.1, 0.15) is 5.82 Å². The summed E-state index contributed by atoms with van der Waals surface area (Å²) in [4.78, 5) is 7.27. The van der Waals surface area contributed by atoms with Crippen molar-refractivity contribution in [2.24, 2.45) is 0 Å². The Bertz CT molecular complexity index is 579. The van der Waals surface area contributed by atoms with Gasteiger partial charge in [0.15, 0.2) is 0 Å². The predicted molar refractivity (Wildman–Crippen MR) is 80.4 cm³/mol. The van der Waals surface area contributed by atoms with Crippen molar-refractivity contribution in [1.29, 1.82) is 0 Å². The first-order valence-electron chi connectivity index (χ1n) is 7.08. The number of hydrogen-bond donors (Lipinski definition) is 1. The molecule has 1 fully saturated rings. The molecule has 0 saturated carbocycles. The highest BCUT2D eigenvalue weighted by atomic mass is 15.2. The lowest BCUT2D eigenvalue weighted by Gasteiger charge is -2.22. The van der Waals surface area contributed by atoms with E-state index in [1.165, 1.54) is 30.3 Å². The van der Waals surface area contributed by atoms with Crippen LogP contribution in [0.5, 0.6) is 0 Å². The fourth-order valence-corrected chi connectivity index (χ4v) is 2.94. The van der Waals surface area contributed by atoms with Gasteiger partial charge in [0.25, 0.3) is 0 Å². The zero-order valence-electron chi connectivity index (χ0n) is 11.7. The second-order valence-corrected chi connectivity index (χ2v) is 5.40. The third kappa shape index (κ3) is 2.43. The lowest BCUT2D eigenvalue weighted by molar-refractivity contribution is 0.260. The summed E-state index contributed by atoms with van der Waals surface area (Å²) < 4.78 is 0. The molecule has 3 nitrogen and oxygen atoms in total. The normalized spacial score (nSPS) is 20.0. The first kappa shape index (κ1) is 12.4. The minimum Gasteiger partial charge on any atom is -0.373 e. The van der Waals surface area contributed by atoms with E-state index in [-0.39, 0.29) is 0 Å². The van der Waals surface area contributed by atoms with Crippen molar-refractivity contribution in [3.8, 4) is 0 Å². The number of anilines is 1. The van der Waals surface area contributed by atoms with Crippen molar-refractivity contribution in [2.75, 3.05) is 18.9 Å². The van der Waals surface area contributed by atoms with Crippen molar-refractivity contribution >= 4 is 16.7 Å². The maximum Gasteiger partial charge on any atom is 0.130 e. The Labute approximate surface area is 114 Å². The van der Waals surface area contributed by atoms with E-state index in [0.29, 0.717) is 6.04 Å². The third-order valence-electron chi connectivity index (χ3n) is 4.10. The Hall–Kier alpha value is -1.61. The molecule has 1 aliphatic rings. The highest BCUT2D eigenvalue weighted by Crippen LogP contribution is 2.25. The van der Waals surface area contributed by atoms with Crippen molar-refractivity contribution in [2.45, 2.75) is 32.4 Å². The smallest absolute Gasteiger partial charge is 0.130 e. The van der Waals surface area contributed by atoms with Gasteiger partial charge in [-0.05, 0) is 38.4 Å². The molecule has 1 unspecified atom stereocenters. The number of para-hydroxylation sites is 1. The highest BCUT2D eigenvalue weighted by Gasteiger charge is 2.21. The maximum atomic E-state index is 4.72. The molecule has 3 heteroatoms. The van der Waals surface area contributed by atoms with Crippen LogP contribution in [0.25, 0.3) is 10.9 Å². The number of fused-ring (bicyclic) bond motifs is 1. The monoisotopic (exact) mass is 255 g/mol. The van der Waals surface area contributed by atoms with Crippen LogP contribution < -0.4 is 5.32 Å². The molecule has 3 rings (SSSR count). The molecule has 1 saturated heterocycles. The van der Waals surface area contributed by atoms with Gasteiger partial charge in [-0.2, -0.15) is 0 Å². The average Bonchev–Trinajstić information content (AvgIpc) is 2.83. The van der Waals surface area contributed by atoms with E-state index in [4.69, 9.17) is 4.98 Å². The van der Waals surface area contributed by atoms with E-state index in [0.717, 1.165) is 17.9 Å². The van der Waals surface area contributed by atoms with Gasteiger partial charge in [0.2, 0.25) is 0 Å². The number of aromatic nitrogens is 1. The minimum atomic E-state index is 0.691. The van der Waals surface area contributed by atoms with E-state index >= 15 is 0 Å². The summed E-state index contributed by atoms with van der Waals surface area (Å²) in [6, 6.07) is 11.3. The molecule has 0 aliphatic carbocycles. The Kier molecular flexibility index (Phi) is 3.38. The largest absolute Gasteiger partial charge is 0.373 e. The molecule has 1 atom stereocenters. The van der Waals surface area contributed by atoms with Crippen LogP contribution in [0, 0.1) is 0 Å². The molecule has 1 N–H and O–H groups in total. The molecular weight excluding hydrogens is 234 g/mol. The van der Waals surface area contributed by atoms with Gasteiger partial charge in [-0.1, -0.05) is 18.2 Å². The molecule has 0 radical (unpaired) electrons. The summed E-state index contributed by atoms with van der Waals surface area (Å²) in [6.07, 6.45) is 2.63. The third-order valence-corrected chi connectivity index (χ3v) is 4.10. The highest BCUT2D eigenvalue weighted by molar-refractivity contribution is 5.81. The number of likely N-dealkylation sites (tertiary alicyclic amines) is 1. The Morgan fingerprint density at radius 2 is 2.21 bits per heavy atom. The molecule has 0 amide bonds. The van der Waals surface area contributed by atoms with E-state index < -0.39 is 0 Å². The van der Waals surface area contributed by atoms with Crippen LogP contribution >= 0.6 is 0 Å². The second-order valence-electron chi connectivity index (χ2n) is 5.40. The number of pyridine rings is 1. The quantitative estimate of drug-likeness (QED) is 0.912. The fraction of sp³-hybridized carbons (Fsp3) is 0.438. The van der Waals surface area contributed by atoms with Gasteiger partial charge in [-0.3, -0.25) is 4.90 Å². The van der Waals surface area contributed by atoms with Gasteiger partial charge < -0.3 is 5.32 Å². The maximum absolute atomic E-state index is 4.72. The van der Waals surface area contributed by atoms with Crippen LogP contribution in [0.1, 0.15) is 25.3 Å². The van der Waals surface area contributed by atoms with E-state index in [9.17, 15) is 0 Å². The van der Waals surface area contributed by atoms with Crippen LogP contribution in [0.2, 0.25) is 0 Å². The number of hydrogen-bond acceptors (Lipinski definition) is 3. The summed E-state index contributed by atoms with van der Waals surface area (Å²) in [5.41, 5.74) is 2.36. The molecule has 1 aromatic carbocycles. The SMILES string of the molecule is CNc1nc2ccccc2cc1CN1CCCC1C. The number of nitrogens with one attached hydrogen (secondary N) is 1. The van der Waals surface area contributed by atoms with Crippen LogP contribution in [0.15, 0.2) is 30.3 Å². The molecule has 2 heterocycles. The Balaban J connectivity index is 1.96. The summed E-state index contributed by atoms with van der Waals surface area (Å²) in [5.74, 6) is 1.01. The summed E-state index contributed by atoms with van der Waals surface area (Å²) in [7, 11) is 1.95. The average molecular weight is 255 g/mol. The lowest BCUT2D eigenvalue weighted by atomic mass is 10.1. The van der Waals surface area contributed by atoms with Gasteiger partial charge in [-0.25, -0.2) is 4.98 Å². The van der Waals surface area contributed by atoms with Crippen molar-refractivity contribution in [1.82, 2.24) is 9.88 Å². The molecule has 19 heavy (non-hydrogen) atoms. The van der Waals surface area contributed by atoms with Crippen LogP contribution in [-0.4, -0.2) is 29.5 Å². The molecular formula is C16H21N3. The zero-order chi connectivity index (χ0) is 13.2.